The molecule has 5 heteroatoms. The second kappa shape index (κ2) is 7.09. The number of nitrogens with one attached hydrogen (secondary N) is 2. The molecule has 0 bridgehead atoms. The van der Waals surface area contributed by atoms with Crippen LogP contribution in [0.1, 0.15) is 44.4 Å². The van der Waals surface area contributed by atoms with Gasteiger partial charge in [0.15, 0.2) is 0 Å². The van der Waals surface area contributed by atoms with Crippen LogP contribution < -0.4 is 10.6 Å². The minimum Gasteiger partial charge on any atom is -0.396 e. The molecule has 1 aliphatic carbocycles. The van der Waals surface area contributed by atoms with Crippen molar-refractivity contribution < 1.29 is 14.3 Å². The summed E-state index contributed by atoms with van der Waals surface area (Å²) in [6.07, 6.45) is 1.56. The van der Waals surface area contributed by atoms with Crippen molar-refractivity contribution in [2.24, 2.45) is 11.8 Å². The smallest absolute Gasteiger partial charge is 0.315 e. The third kappa shape index (κ3) is 3.58. The molecule has 1 aromatic rings. The van der Waals surface area contributed by atoms with E-state index in [2.05, 4.69) is 17.6 Å². The molecular weight excluding hydrogens is 283 g/mol. The van der Waals surface area contributed by atoms with E-state index in [9.17, 15) is 9.18 Å². The predicted octanol–water partition coefficient (Wildman–Crippen LogP) is 2.77. The minimum atomic E-state index is -0.276. The van der Waals surface area contributed by atoms with Gasteiger partial charge < -0.3 is 15.7 Å². The number of carbonyl (C=O) groups excluding carboxylic acids is 1. The van der Waals surface area contributed by atoms with Crippen molar-refractivity contribution >= 4 is 6.03 Å². The highest BCUT2D eigenvalue weighted by Gasteiger charge is 2.29. The van der Waals surface area contributed by atoms with Crippen LogP contribution in [0.3, 0.4) is 0 Å². The highest BCUT2D eigenvalue weighted by Crippen LogP contribution is 2.35. The Morgan fingerprint density at radius 2 is 2.18 bits per heavy atom. The van der Waals surface area contributed by atoms with Gasteiger partial charge in [0.05, 0.1) is 6.04 Å². The molecule has 1 aromatic carbocycles. The van der Waals surface area contributed by atoms with Gasteiger partial charge in [-0.2, -0.15) is 0 Å². The maximum Gasteiger partial charge on any atom is 0.315 e. The Bertz CT molecular complexity index is 535. The number of amides is 2. The second-order valence-electron chi connectivity index (χ2n) is 6.37. The van der Waals surface area contributed by atoms with Gasteiger partial charge in [-0.1, -0.05) is 26.0 Å². The molecule has 22 heavy (non-hydrogen) atoms. The molecular formula is C17H25FN2O2. The summed E-state index contributed by atoms with van der Waals surface area (Å²) in [6.45, 7) is 5.82. The number of halogens is 1. The molecule has 4 unspecified atom stereocenters. The first-order chi connectivity index (χ1) is 10.4. The van der Waals surface area contributed by atoms with Crippen LogP contribution in [0.4, 0.5) is 9.18 Å². The summed E-state index contributed by atoms with van der Waals surface area (Å²) in [6, 6.07) is 4.46. The molecule has 0 heterocycles. The van der Waals surface area contributed by atoms with Crippen LogP contribution in [-0.2, 0) is 6.42 Å². The van der Waals surface area contributed by atoms with E-state index in [0.29, 0.717) is 12.0 Å². The van der Waals surface area contributed by atoms with Gasteiger partial charge in [-0.15, -0.1) is 0 Å². The first-order valence-electron chi connectivity index (χ1n) is 7.89. The zero-order chi connectivity index (χ0) is 16.3. The zero-order valence-corrected chi connectivity index (χ0v) is 13.4. The fraction of sp³-hybridized carbons (Fsp3) is 0.588. The number of urea groups is 1. The topological polar surface area (TPSA) is 61.4 Å². The van der Waals surface area contributed by atoms with Gasteiger partial charge in [0.2, 0.25) is 0 Å². The number of aliphatic hydroxyl groups is 1. The molecule has 122 valence electrons. The molecule has 0 spiro atoms. The fourth-order valence-electron chi connectivity index (χ4n) is 2.89. The molecule has 0 aliphatic heterocycles. The quantitative estimate of drug-likeness (QED) is 0.801. The van der Waals surface area contributed by atoms with Crippen molar-refractivity contribution in [1.29, 1.82) is 0 Å². The summed E-state index contributed by atoms with van der Waals surface area (Å²) < 4.78 is 13.9. The van der Waals surface area contributed by atoms with E-state index < -0.39 is 0 Å². The molecule has 0 saturated carbocycles. The first kappa shape index (κ1) is 16.7. The van der Waals surface area contributed by atoms with Crippen LogP contribution in [0.5, 0.6) is 0 Å². The highest BCUT2D eigenvalue weighted by atomic mass is 19.1. The average Bonchev–Trinajstić information content (AvgIpc) is 2.49. The van der Waals surface area contributed by atoms with Crippen LogP contribution in [0.25, 0.3) is 0 Å². The lowest BCUT2D eigenvalue weighted by atomic mass is 9.80. The standard InChI is InChI=1S/C17H25FN2O2/c1-10-7-8-13-14(5-4-6-15(13)18)16(10)20-17(22)19-12(3)11(2)9-21/h4-6,10-12,16,21H,7-9H2,1-3H3,(H2,19,20,22). The molecule has 4 nitrogen and oxygen atoms in total. The number of benzene rings is 1. The normalized spacial score (nSPS) is 23.3. The van der Waals surface area contributed by atoms with Crippen LogP contribution >= 0.6 is 0 Å². The van der Waals surface area contributed by atoms with Gasteiger partial charge >= 0.3 is 6.03 Å². The summed E-state index contributed by atoms with van der Waals surface area (Å²) in [5.41, 5.74) is 1.58. The molecule has 0 saturated heterocycles. The van der Waals surface area contributed by atoms with E-state index in [1.54, 1.807) is 6.07 Å². The summed E-state index contributed by atoms with van der Waals surface area (Å²) in [7, 11) is 0. The largest absolute Gasteiger partial charge is 0.396 e. The van der Waals surface area contributed by atoms with Crippen molar-refractivity contribution in [1.82, 2.24) is 10.6 Å². The summed E-state index contributed by atoms with van der Waals surface area (Å²) in [5, 5.41) is 14.9. The van der Waals surface area contributed by atoms with E-state index in [1.165, 1.54) is 6.07 Å². The van der Waals surface area contributed by atoms with Crippen LogP contribution in [0, 0.1) is 17.7 Å². The van der Waals surface area contributed by atoms with Crippen molar-refractivity contribution in [2.75, 3.05) is 6.61 Å². The molecule has 0 aromatic heterocycles. The van der Waals surface area contributed by atoms with E-state index >= 15 is 0 Å². The summed E-state index contributed by atoms with van der Waals surface area (Å²) in [5.74, 6) is 0.0451. The monoisotopic (exact) mass is 308 g/mol. The molecule has 0 fully saturated rings. The molecule has 3 N–H and O–H groups in total. The summed E-state index contributed by atoms with van der Waals surface area (Å²) in [4.78, 5) is 12.2. The molecule has 2 amide bonds. The molecule has 4 atom stereocenters. The lowest BCUT2D eigenvalue weighted by molar-refractivity contribution is 0.196. The van der Waals surface area contributed by atoms with Crippen molar-refractivity contribution in [2.45, 2.75) is 45.7 Å². The predicted molar refractivity (Wildman–Crippen MR) is 84.0 cm³/mol. The third-order valence-electron chi connectivity index (χ3n) is 4.70. The Kier molecular flexibility index (Phi) is 5.40. The molecule has 1 aliphatic rings. The molecule has 0 radical (unpaired) electrons. The van der Waals surface area contributed by atoms with Gasteiger partial charge in [-0.25, -0.2) is 9.18 Å². The van der Waals surface area contributed by atoms with Gasteiger partial charge in [0.1, 0.15) is 5.82 Å². The Labute approximate surface area is 131 Å². The molecule has 2 rings (SSSR count). The SMILES string of the molecule is CC(CO)C(C)NC(=O)NC1c2cccc(F)c2CCC1C. The number of hydrogen-bond acceptors (Lipinski definition) is 2. The van der Waals surface area contributed by atoms with E-state index in [0.717, 1.165) is 12.0 Å². The highest BCUT2D eigenvalue weighted by molar-refractivity contribution is 5.75. The number of hydrogen-bond donors (Lipinski definition) is 3. The van der Waals surface area contributed by atoms with Crippen molar-refractivity contribution in [3.8, 4) is 0 Å². The minimum absolute atomic E-state index is 0.0146. The lowest BCUT2D eigenvalue weighted by Gasteiger charge is -2.33. The van der Waals surface area contributed by atoms with E-state index in [4.69, 9.17) is 5.11 Å². The Balaban J connectivity index is 2.09. The average molecular weight is 308 g/mol. The Hall–Kier alpha value is -1.62. The third-order valence-corrected chi connectivity index (χ3v) is 4.70. The van der Waals surface area contributed by atoms with Crippen LogP contribution in [0.15, 0.2) is 18.2 Å². The van der Waals surface area contributed by atoms with Crippen molar-refractivity contribution in [3.05, 3.63) is 35.1 Å². The van der Waals surface area contributed by atoms with Crippen molar-refractivity contribution in [3.63, 3.8) is 0 Å². The Morgan fingerprint density at radius 3 is 2.86 bits per heavy atom. The van der Waals surface area contributed by atoms with Gasteiger partial charge in [0, 0.05) is 12.6 Å². The van der Waals surface area contributed by atoms with E-state index in [1.807, 2.05) is 19.9 Å². The number of carbonyl (C=O) groups is 1. The lowest BCUT2D eigenvalue weighted by Crippen LogP contribution is -2.47. The van der Waals surface area contributed by atoms with Gasteiger partial charge in [0.25, 0.3) is 0 Å². The van der Waals surface area contributed by atoms with Crippen LogP contribution in [-0.4, -0.2) is 23.8 Å². The van der Waals surface area contributed by atoms with E-state index in [-0.39, 0.29) is 42.4 Å². The summed E-state index contributed by atoms with van der Waals surface area (Å²) >= 11 is 0. The van der Waals surface area contributed by atoms with Gasteiger partial charge in [-0.05, 0) is 48.8 Å². The second-order valence-corrected chi connectivity index (χ2v) is 6.37. The number of aliphatic hydroxyl groups excluding tert-OH is 1. The number of fused-ring (bicyclic) bond motifs is 1. The first-order valence-corrected chi connectivity index (χ1v) is 7.89. The zero-order valence-electron chi connectivity index (χ0n) is 13.4. The maximum atomic E-state index is 13.9. The Morgan fingerprint density at radius 1 is 1.45 bits per heavy atom. The van der Waals surface area contributed by atoms with Crippen LogP contribution in [0.2, 0.25) is 0 Å². The number of rotatable bonds is 4. The van der Waals surface area contributed by atoms with Gasteiger partial charge in [-0.3, -0.25) is 0 Å². The maximum absolute atomic E-state index is 13.9. The fourth-order valence-corrected chi connectivity index (χ4v) is 2.89.